The van der Waals surface area contributed by atoms with Crippen molar-refractivity contribution >= 4 is 21.8 Å². The number of nitrogens with zero attached hydrogens (tertiary/aromatic N) is 2. The Bertz CT molecular complexity index is 750. The molecule has 0 aliphatic heterocycles. The second-order valence-electron chi connectivity index (χ2n) is 4.81. The Kier molecular flexibility index (Phi) is 4.34. The predicted molar refractivity (Wildman–Crippen MR) is 88.9 cm³/mol. The molecule has 0 unspecified atom stereocenters. The van der Waals surface area contributed by atoms with E-state index >= 15 is 0 Å². The third-order valence-electron chi connectivity index (χ3n) is 3.26. The lowest BCUT2D eigenvalue weighted by Crippen LogP contribution is -2.22. The Balaban J connectivity index is 1.61. The molecular formula is C17H14BrN3O. The average Bonchev–Trinajstić information content (AvgIpc) is 3.08. The number of hydrogen-bond acceptors (Lipinski definition) is 2. The van der Waals surface area contributed by atoms with Crippen molar-refractivity contribution < 1.29 is 4.79 Å². The molecule has 0 saturated heterocycles. The van der Waals surface area contributed by atoms with Crippen LogP contribution < -0.4 is 5.32 Å². The highest BCUT2D eigenvalue weighted by molar-refractivity contribution is 9.10. The van der Waals surface area contributed by atoms with Crippen molar-refractivity contribution in [2.24, 2.45) is 0 Å². The van der Waals surface area contributed by atoms with Gasteiger partial charge in [-0.2, -0.15) is 5.10 Å². The topological polar surface area (TPSA) is 46.9 Å². The molecule has 0 bridgehead atoms. The number of amides is 1. The summed E-state index contributed by atoms with van der Waals surface area (Å²) < 4.78 is 2.75. The van der Waals surface area contributed by atoms with Gasteiger partial charge in [-0.15, -0.1) is 0 Å². The minimum absolute atomic E-state index is 0.0800. The summed E-state index contributed by atoms with van der Waals surface area (Å²) >= 11 is 3.35. The number of halogens is 1. The van der Waals surface area contributed by atoms with Crippen molar-refractivity contribution in [1.29, 1.82) is 0 Å². The summed E-state index contributed by atoms with van der Waals surface area (Å²) in [6, 6.07) is 17.1. The van der Waals surface area contributed by atoms with Gasteiger partial charge in [0.15, 0.2) is 0 Å². The van der Waals surface area contributed by atoms with E-state index in [-0.39, 0.29) is 5.91 Å². The molecule has 0 saturated carbocycles. The van der Waals surface area contributed by atoms with Gasteiger partial charge in [0.25, 0.3) is 5.91 Å². The van der Waals surface area contributed by atoms with E-state index in [0.29, 0.717) is 12.1 Å². The van der Waals surface area contributed by atoms with E-state index < -0.39 is 0 Å². The monoisotopic (exact) mass is 355 g/mol. The molecule has 1 aromatic heterocycles. The first-order valence-electron chi connectivity index (χ1n) is 6.85. The van der Waals surface area contributed by atoms with Crippen molar-refractivity contribution in [3.8, 4) is 5.69 Å². The van der Waals surface area contributed by atoms with E-state index in [1.54, 1.807) is 23.0 Å². The highest BCUT2D eigenvalue weighted by atomic mass is 79.9. The van der Waals surface area contributed by atoms with E-state index in [4.69, 9.17) is 0 Å². The summed E-state index contributed by atoms with van der Waals surface area (Å²) in [5.41, 5.74) is 2.69. The van der Waals surface area contributed by atoms with Crippen LogP contribution in [0.1, 0.15) is 15.9 Å². The van der Waals surface area contributed by atoms with Gasteiger partial charge in [-0.1, -0.05) is 28.1 Å². The number of carbonyl (C=O) groups is 1. The maximum atomic E-state index is 12.0. The molecule has 1 amide bonds. The molecular weight excluding hydrogens is 342 g/mol. The van der Waals surface area contributed by atoms with E-state index in [1.165, 1.54) is 0 Å². The van der Waals surface area contributed by atoms with Crippen LogP contribution in [0.15, 0.2) is 71.5 Å². The van der Waals surface area contributed by atoms with Gasteiger partial charge in [-0.25, -0.2) is 4.68 Å². The highest BCUT2D eigenvalue weighted by Gasteiger charge is 2.05. The molecule has 0 fully saturated rings. The van der Waals surface area contributed by atoms with Crippen LogP contribution in [0.25, 0.3) is 5.69 Å². The summed E-state index contributed by atoms with van der Waals surface area (Å²) in [4.78, 5) is 12.0. The molecule has 0 spiro atoms. The van der Waals surface area contributed by atoms with Crippen molar-refractivity contribution in [2.45, 2.75) is 6.54 Å². The molecule has 3 rings (SSSR count). The quantitative estimate of drug-likeness (QED) is 0.777. The zero-order valence-corrected chi connectivity index (χ0v) is 13.3. The Labute approximate surface area is 136 Å². The lowest BCUT2D eigenvalue weighted by atomic mass is 10.2. The largest absolute Gasteiger partial charge is 0.348 e. The van der Waals surface area contributed by atoms with E-state index in [0.717, 1.165) is 15.7 Å². The summed E-state index contributed by atoms with van der Waals surface area (Å²) in [5, 5.41) is 7.09. The van der Waals surface area contributed by atoms with Gasteiger partial charge in [0, 0.05) is 29.0 Å². The van der Waals surface area contributed by atoms with E-state index in [1.807, 2.05) is 48.7 Å². The summed E-state index contributed by atoms with van der Waals surface area (Å²) in [5.74, 6) is -0.0800. The highest BCUT2D eigenvalue weighted by Crippen LogP contribution is 2.11. The Hall–Kier alpha value is -2.40. The van der Waals surface area contributed by atoms with E-state index in [9.17, 15) is 4.79 Å². The van der Waals surface area contributed by atoms with Crippen LogP contribution in [0.3, 0.4) is 0 Å². The zero-order valence-electron chi connectivity index (χ0n) is 11.7. The lowest BCUT2D eigenvalue weighted by Gasteiger charge is -2.07. The van der Waals surface area contributed by atoms with Crippen molar-refractivity contribution in [3.63, 3.8) is 0 Å². The SMILES string of the molecule is O=C(NCc1ccc(-n2cccn2)cc1)c1ccc(Br)cc1. The summed E-state index contributed by atoms with van der Waals surface area (Å²) in [6.07, 6.45) is 3.64. The number of aromatic nitrogens is 2. The third-order valence-corrected chi connectivity index (χ3v) is 3.79. The Morgan fingerprint density at radius 1 is 1.09 bits per heavy atom. The maximum Gasteiger partial charge on any atom is 0.251 e. The van der Waals surface area contributed by atoms with Crippen LogP contribution in [-0.2, 0) is 6.54 Å². The molecule has 0 aliphatic carbocycles. The normalized spacial score (nSPS) is 10.4. The number of hydrogen-bond donors (Lipinski definition) is 1. The fraction of sp³-hybridized carbons (Fsp3) is 0.0588. The fourth-order valence-corrected chi connectivity index (χ4v) is 2.34. The minimum Gasteiger partial charge on any atom is -0.348 e. The summed E-state index contributed by atoms with van der Waals surface area (Å²) in [7, 11) is 0. The first kappa shape index (κ1) is 14.5. The molecule has 1 N–H and O–H groups in total. The summed E-state index contributed by atoms with van der Waals surface area (Å²) in [6.45, 7) is 0.494. The number of rotatable bonds is 4. The van der Waals surface area contributed by atoms with Gasteiger partial charge in [0.2, 0.25) is 0 Å². The molecule has 5 heteroatoms. The molecule has 0 aliphatic rings. The molecule has 0 radical (unpaired) electrons. The smallest absolute Gasteiger partial charge is 0.251 e. The molecule has 3 aromatic rings. The van der Waals surface area contributed by atoms with Gasteiger partial charge in [-0.3, -0.25) is 4.79 Å². The van der Waals surface area contributed by atoms with Crippen LogP contribution in [-0.4, -0.2) is 15.7 Å². The van der Waals surface area contributed by atoms with Crippen LogP contribution in [0.2, 0.25) is 0 Å². The Morgan fingerprint density at radius 3 is 2.45 bits per heavy atom. The average molecular weight is 356 g/mol. The van der Waals surface area contributed by atoms with Crippen molar-refractivity contribution in [3.05, 3.63) is 82.6 Å². The first-order chi connectivity index (χ1) is 10.7. The van der Waals surface area contributed by atoms with Crippen LogP contribution >= 0.6 is 15.9 Å². The second kappa shape index (κ2) is 6.58. The predicted octanol–water partition coefficient (Wildman–Crippen LogP) is 3.56. The molecule has 1 heterocycles. The Morgan fingerprint density at radius 2 is 1.82 bits per heavy atom. The molecule has 4 nitrogen and oxygen atoms in total. The molecule has 2 aromatic carbocycles. The maximum absolute atomic E-state index is 12.0. The van der Waals surface area contributed by atoms with E-state index in [2.05, 4.69) is 26.3 Å². The first-order valence-corrected chi connectivity index (χ1v) is 7.64. The zero-order chi connectivity index (χ0) is 15.4. The molecule has 0 atom stereocenters. The van der Waals surface area contributed by atoms with Gasteiger partial charge in [-0.05, 0) is 48.0 Å². The standard InChI is InChI=1S/C17H14BrN3O/c18-15-6-4-14(5-7-15)17(22)19-12-13-2-8-16(9-3-13)21-11-1-10-20-21/h1-11H,12H2,(H,19,22). The number of carbonyl (C=O) groups excluding carboxylic acids is 1. The van der Waals surface area contributed by atoms with Crippen LogP contribution in [0.4, 0.5) is 0 Å². The van der Waals surface area contributed by atoms with Gasteiger partial charge in [0.05, 0.1) is 5.69 Å². The third kappa shape index (κ3) is 3.43. The molecule has 22 heavy (non-hydrogen) atoms. The minimum atomic E-state index is -0.0800. The van der Waals surface area contributed by atoms with Crippen molar-refractivity contribution in [1.82, 2.24) is 15.1 Å². The van der Waals surface area contributed by atoms with Gasteiger partial charge < -0.3 is 5.32 Å². The lowest BCUT2D eigenvalue weighted by molar-refractivity contribution is 0.0951. The molecule has 110 valence electrons. The van der Waals surface area contributed by atoms with Crippen LogP contribution in [0, 0.1) is 0 Å². The second-order valence-corrected chi connectivity index (χ2v) is 5.72. The van der Waals surface area contributed by atoms with Gasteiger partial charge >= 0.3 is 0 Å². The number of nitrogens with one attached hydrogen (secondary N) is 1. The number of benzene rings is 2. The van der Waals surface area contributed by atoms with Crippen LogP contribution in [0.5, 0.6) is 0 Å². The van der Waals surface area contributed by atoms with Crippen molar-refractivity contribution in [2.75, 3.05) is 0 Å². The fourth-order valence-electron chi connectivity index (χ4n) is 2.07. The van der Waals surface area contributed by atoms with Gasteiger partial charge in [0.1, 0.15) is 0 Å².